The normalized spacial score (nSPS) is 23.2. The van der Waals surface area contributed by atoms with Crippen LogP contribution in [-0.2, 0) is 14.2 Å². The Balaban J connectivity index is 2.06. The summed E-state index contributed by atoms with van der Waals surface area (Å²) in [6, 6.07) is 0. The van der Waals surface area contributed by atoms with E-state index in [0.717, 1.165) is 0 Å². The maximum Gasteiger partial charge on any atom is 0.406 e. The fourth-order valence-corrected chi connectivity index (χ4v) is 0.709. The van der Waals surface area contributed by atoms with Gasteiger partial charge in [-0.05, 0) is 0 Å². The minimum atomic E-state index is -0.444. The highest BCUT2D eigenvalue weighted by Crippen LogP contribution is 2.02. The summed E-state index contributed by atoms with van der Waals surface area (Å²) >= 11 is 0. The molecule has 1 unspecified atom stereocenters. The molecule has 1 aliphatic heterocycles. The first-order chi connectivity index (χ1) is 5.33. The SMILES string of the molecule is CNC(=O)OCC1COCO1. The summed E-state index contributed by atoms with van der Waals surface area (Å²) in [7, 11) is 1.51. The predicted octanol–water partition coefficient (Wildman–Crippen LogP) is -0.285. The summed E-state index contributed by atoms with van der Waals surface area (Å²) in [5.41, 5.74) is 0. The summed E-state index contributed by atoms with van der Waals surface area (Å²) in [4.78, 5) is 10.5. The molecule has 0 aromatic heterocycles. The third-order valence-electron chi connectivity index (χ3n) is 1.30. The first kappa shape index (κ1) is 8.29. The van der Waals surface area contributed by atoms with Gasteiger partial charge in [-0.15, -0.1) is 0 Å². The third kappa shape index (κ3) is 2.73. The van der Waals surface area contributed by atoms with Gasteiger partial charge in [0.15, 0.2) is 0 Å². The Kier molecular flexibility index (Phi) is 3.13. The van der Waals surface area contributed by atoms with E-state index >= 15 is 0 Å². The van der Waals surface area contributed by atoms with E-state index in [1.54, 1.807) is 0 Å². The number of ether oxygens (including phenoxy) is 3. The molecule has 0 aromatic rings. The number of carbonyl (C=O) groups excluding carboxylic acids is 1. The van der Waals surface area contributed by atoms with Gasteiger partial charge >= 0.3 is 6.09 Å². The highest BCUT2D eigenvalue weighted by atomic mass is 16.7. The third-order valence-corrected chi connectivity index (χ3v) is 1.30. The van der Waals surface area contributed by atoms with Crippen LogP contribution in [0.25, 0.3) is 0 Å². The average molecular weight is 161 g/mol. The zero-order valence-corrected chi connectivity index (χ0v) is 6.33. The molecule has 5 nitrogen and oxygen atoms in total. The molecule has 1 aliphatic rings. The van der Waals surface area contributed by atoms with Crippen LogP contribution < -0.4 is 5.32 Å². The van der Waals surface area contributed by atoms with Crippen molar-refractivity contribution in [1.29, 1.82) is 0 Å². The number of alkyl carbamates (subject to hydrolysis) is 1. The van der Waals surface area contributed by atoms with Gasteiger partial charge in [0.05, 0.1) is 6.61 Å². The van der Waals surface area contributed by atoms with E-state index in [2.05, 4.69) is 5.32 Å². The van der Waals surface area contributed by atoms with Gasteiger partial charge in [0.1, 0.15) is 19.5 Å². The van der Waals surface area contributed by atoms with Crippen LogP contribution in [0.2, 0.25) is 0 Å². The van der Waals surface area contributed by atoms with Crippen molar-refractivity contribution in [2.24, 2.45) is 0 Å². The van der Waals surface area contributed by atoms with Crippen LogP contribution in [0.3, 0.4) is 0 Å². The lowest BCUT2D eigenvalue weighted by Crippen LogP contribution is -2.26. The Morgan fingerprint density at radius 3 is 3.18 bits per heavy atom. The number of rotatable bonds is 2. The minimum Gasteiger partial charge on any atom is -0.447 e. The average Bonchev–Trinajstić information content (AvgIpc) is 2.52. The van der Waals surface area contributed by atoms with Crippen molar-refractivity contribution in [3.05, 3.63) is 0 Å². The first-order valence-electron chi connectivity index (χ1n) is 3.37. The Morgan fingerprint density at radius 2 is 2.64 bits per heavy atom. The topological polar surface area (TPSA) is 56.8 Å². The lowest BCUT2D eigenvalue weighted by atomic mass is 10.4. The number of hydrogen-bond acceptors (Lipinski definition) is 4. The second kappa shape index (κ2) is 4.15. The summed E-state index contributed by atoms with van der Waals surface area (Å²) in [5.74, 6) is 0. The quantitative estimate of drug-likeness (QED) is 0.605. The van der Waals surface area contributed by atoms with Crippen LogP contribution >= 0.6 is 0 Å². The Hall–Kier alpha value is -0.810. The summed E-state index contributed by atoms with van der Waals surface area (Å²) < 4.78 is 14.6. The molecule has 11 heavy (non-hydrogen) atoms. The fourth-order valence-electron chi connectivity index (χ4n) is 0.709. The first-order valence-corrected chi connectivity index (χ1v) is 3.37. The van der Waals surface area contributed by atoms with E-state index in [4.69, 9.17) is 14.2 Å². The van der Waals surface area contributed by atoms with Crippen LogP contribution in [0.1, 0.15) is 0 Å². The van der Waals surface area contributed by atoms with Gasteiger partial charge in [-0.2, -0.15) is 0 Å². The van der Waals surface area contributed by atoms with Crippen molar-refractivity contribution < 1.29 is 19.0 Å². The van der Waals surface area contributed by atoms with E-state index in [0.29, 0.717) is 13.4 Å². The van der Waals surface area contributed by atoms with Gasteiger partial charge in [0.25, 0.3) is 0 Å². The van der Waals surface area contributed by atoms with Gasteiger partial charge in [-0.3, -0.25) is 0 Å². The van der Waals surface area contributed by atoms with Crippen LogP contribution in [0.5, 0.6) is 0 Å². The molecule has 1 rings (SSSR count). The molecule has 5 heteroatoms. The molecule has 0 radical (unpaired) electrons. The van der Waals surface area contributed by atoms with Crippen molar-refractivity contribution in [1.82, 2.24) is 5.32 Å². The molecule has 1 heterocycles. The van der Waals surface area contributed by atoms with Gasteiger partial charge < -0.3 is 19.5 Å². The van der Waals surface area contributed by atoms with Crippen LogP contribution in [0.4, 0.5) is 4.79 Å². The van der Waals surface area contributed by atoms with Crippen molar-refractivity contribution in [2.45, 2.75) is 6.10 Å². The molecule has 0 spiro atoms. The molecule has 64 valence electrons. The van der Waals surface area contributed by atoms with Gasteiger partial charge in [0, 0.05) is 7.05 Å². The zero-order chi connectivity index (χ0) is 8.10. The standard InChI is InChI=1S/C6H11NO4/c1-7-6(8)10-3-5-2-9-4-11-5/h5H,2-4H2,1H3,(H,7,8). The van der Waals surface area contributed by atoms with E-state index < -0.39 is 6.09 Å². The van der Waals surface area contributed by atoms with Crippen molar-refractivity contribution in [3.63, 3.8) is 0 Å². The molecule has 0 saturated carbocycles. The smallest absolute Gasteiger partial charge is 0.406 e. The highest BCUT2D eigenvalue weighted by Gasteiger charge is 2.17. The van der Waals surface area contributed by atoms with E-state index in [-0.39, 0.29) is 12.7 Å². The van der Waals surface area contributed by atoms with E-state index in [1.807, 2.05) is 0 Å². The minimum absolute atomic E-state index is 0.104. The summed E-state index contributed by atoms with van der Waals surface area (Å²) in [6.45, 7) is 1.04. The number of hydrogen-bond donors (Lipinski definition) is 1. The van der Waals surface area contributed by atoms with Crippen molar-refractivity contribution in [3.8, 4) is 0 Å². The Bertz CT molecular complexity index is 133. The molecule has 1 amide bonds. The second-order valence-electron chi connectivity index (χ2n) is 2.13. The van der Waals surface area contributed by atoms with Gasteiger partial charge in [-0.1, -0.05) is 0 Å². The van der Waals surface area contributed by atoms with Crippen LogP contribution in [0, 0.1) is 0 Å². The van der Waals surface area contributed by atoms with E-state index in [9.17, 15) is 4.79 Å². The number of nitrogens with one attached hydrogen (secondary N) is 1. The van der Waals surface area contributed by atoms with Crippen molar-refractivity contribution >= 4 is 6.09 Å². The largest absolute Gasteiger partial charge is 0.447 e. The van der Waals surface area contributed by atoms with E-state index in [1.165, 1.54) is 7.05 Å². The highest BCUT2D eigenvalue weighted by molar-refractivity contribution is 5.66. The Labute approximate surface area is 64.6 Å². The molecule has 1 saturated heterocycles. The number of carbonyl (C=O) groups is 1. The molecule has 0 aliphatic carbocycles. The van der Waals surface area contributed by atoms with Gasteiger partial charge in [0.2, 0.25) is 0 Å². The maximum atomic E-state index is 10.5. The van der Waals surface area contributed by atoms with Crippen molar-refractivity contribution in [2.75, 3.05) is 27.1 Å². The summed E-state index contributed by atoms with van der Waals surface area (Å²) in [5, 5.41) is 2.33. The molecule has 0 bridgehead atoms. The maximum absolute atomic E-state index is 10.5. The lowest BCUT2D eigenvalue weighted by Gasteiger charge is -2.07. The van der Waals surface area contributed by atoms with Crippen LogP contribution in [0.15, 0.2) is 0 Å². The molecule has 1 atom stereocenters. The molecular formula is C6H11NO4. The second-order valence-corrected chi connectivity index (χ2v) is 2.13. The fraction of sp³-hybridized carbons (Fsp3) is 0.833. The molecule has 1 fully saturated rings. The number of amides is 1. The summed E-state index contributed by atoms with van der Waals surface area (Å²) in [6.07, 6.45) is -0.548. The lowest BCUT2D eigenvalue weighted by molar-refractivity contribution is 0.0222. The molecular weight excluding hydrogens is 150 g/mol. The van der Waals surface area contributed by atoms with Crippen LogP contribution in [-0.4, -0.2) is 39.3 Å². The van der Waals surface area contributed by atoms with Gasteiger partial charge in [-0.25, -0.2) is 4.79 Å². The zero-order valence-electron chi connectivity index (χ0n) is 6.33. The Morgan fingerprint density at radius 1 is 1.82 bits per heavy atom. The monoisotopic (exact) mass is 161 g/mol. The predicted molar refractivity (Wildman–Crippen MR) is 36.1 cm³/mol. The molecule has 0 aromatic carbocycles. The molecule has 1 N–H and O–H groups in total.